The lowest BCUT2D eigenvalue weighted by Gasteiger charge is -2.16. The van der Waals surface area contributed by atoms with Gasteiger partial charge in [-0.05, 0) is 19.3 Å². The second kappa shape index (κ2) is 1.18. The van der Waals surface area contributed by atoms with Gasteiger partial charge in [0.1, 0.15) is 6.23 Å². The van der Waals surface area contributed by atoms with Gasteiger partial charge in [0.15, 0.2) is 0 Å². The van der Waals surface area contributed by atoms with Crippen LogP contribution in [0.15, 0.2) is 0 Å². The molecule has 3 aliphatic rings. The van der Waals surface area contributed by atoms with E-state index in [0.717, 1.165) is 6.54 Å². The summed E-state index contributed by atoms with van der Waals surface area (Å²) in [4.78, 5) is 0. The highest BCUT2D eigenvalue weighted by molar-refractivity contribution is 5.08. The van der Waals surface area contributed by atoms with Crippen LogP contribution in [0, 0.1) is 5.41 Å². The molecule has 1 N–H and O–H groups in total. The maximum atomic E-state index is 5.64. The van der Waals surface area contributed by atoms with E-state index in [-0.39, 0.29) is 0 Å². The molecular weight excluding hydrogens is 114 g/mol. The second-order valence-electron chi connectivity index (χ2n) is 3.59. The molecule has 50 valence electrons. The molecule has 0 aromatic heterocycles. The maximum Gasteiger partial charge on any atom is 0.109 e. The highest BCUT2D eigenvalue weighted by Crippen LogP contribution is 2.59. The first-order valence-corrected chi connectivity index (χ1v) is 3.78. The molecule has 2 aliphatic heterocycles. The lowest BCUT2D eigenvalue weighted by Crippen LogP contribution is -2.32. The minimum absolute atomic E-state index is 0.428. The van der Waals surface area contributed by atoms with Crippen LogP contribution in [0.3, 0.4) is 0 Å². The molecule has 2 unspecified atom stereocenters. The molecule has 3 rings (SSSR count). The van der Waals surface area contributed by atoms with E-state index in [1.165, 1.54) is 19.3 Å². The lowest BCUT2D eigenvalue weighted by molar-refractivity contribution is 0.0885. The smallest absolute Gasteiger partial charge is 0.109 e. The Labute approximate surface area is 54.6 Å². The van der Waals surface area contributed by atoms with Crippen LogP contribution in [0.1, 0.15) is 19.3 Å². The summed E-state index contributed by atoms with van der Waals surface area (Å²) < 4.78 is 5.64. The number of hydrogen-bond acceptors (Lipinski definition) is 2. The zero-order valence-electron chi connectivity index (χ0n) is 5.39. The second-order valence-corrected chi connectivity index (χ2v) is 3.59. The van der Waals surface area contributed by atoms with E-state index in [2.05, 4.69) is 5.32 Å². The van der Waals surface area contributed by atoms with Crippen molar-refractivity contribution in [3.63, 3.8) is 0 Å². The van der Waals surface area contributed by atoms with Gasteiger partial charge in [0, 0.05) is 12.0 Å². The zero-order valence-corrected chi connectivity index (χ0v) is 5.39. The van der Waals surface area contributed by atoms with Crippen molar-refractivity contribution in [3.05, 3.63) is 0 Å². The molecular formula is C7H11NO. The fourth-order valence-corrected chi connectivity index (χ4v) is 2.20. The molecule has 1 aliphatic carbocycles. The topological polar surface area (TPSA) is 21.3 Å². The summed E-state index contributed by atoms with van der Waals surface area (Å²) in [5, 5.41) is 3.33. The van der Waals surface area contributed by atoms with Crippen LogP contribution in [0.2, 0.25) is 0 Å². The molecule has 2 heteroatoms. The van der Waals surface area contributed by atoms with Gasteiger partial charge in [0.2, 0.25) is 0 Å². The summed E-state index contributed by atoms with van der Waals surface area (Å²) in [6, 6.07) is 0. The van der Waals surface area contributed by atoms with Crippen molar-refractivity contribution in [2.24, 2.45) is 5.41 Å². The molecule has 2 saturated heterocycles. The number of hydrogen-bond donors (Lipinski definition) is 1. The Morgan fingerprint density at radius 3 is 2.67 bits per heavy atom. The highest BCUT2D eigenvalue weighted by atomic mass is 16.5. The molecule has 0 amide bonds. The van der Waals surface area contributed by atoms with Crippen molar-refractivity contribution in [2.75, 3.05) is 6.54 Å². The quantitative estimate of drug-likeness (QED) is 0.508. The molecule has 2 heterocycles. The Hall–Kier alpha value is -0.0800. The van der Waals surface area contributed by atoms with Crippen molar-refractivity contribution in [3.8, 4) is 0 Å². The SMILES string of the molecule is C1NC2CC3(CC3)C1O2. The van der Waals surface area contributed by atoms with E-state index in [9.17, 15) is 0 Å². The third-order valence-electron chi connectivity index (χ3n) is 3.03. The number of piperidine rings is 1. The minimum atomic E-state index is 0.428. The van der Waals surface area contributed by atoms with E-state index in [1.54, 1.807) is 0 Å². The van der Waals surface area contributed by atoms with E-state index in [0.29, 0.717) is 17.7 Å². The van der Waals surface area contributed by atoms with Gasteiger partial charge in [-0.2, -0.15) is 0 Å². The van der Waals surface area contributed by atoms with Gasteiger partial charge in [-0.1, -0.05) is 0 Å². The summed E-state index contributed by atoms with van der Waals surface area (Å²) in [6.07, 6.45) is 5.16. The van der Waals surface area contributed by atoms with Crippen molar-refractivity contribution in [2.45, 2.75) is 31.6 Å². The van der Waals surface area contributed by atoms with Crippen LogP contribution >= 0.6 is 0 Å². The first-order chi connectivity index (χ1) is 4.39. The monoisotopic (exact) mass is 125 g/mol. The number of ether oxygens (including phenoxy) is 1. The van der Waals surface area contributed by atoms with Gasteiger partial charge in [0.25, 0.3) is 0 Å². The van der Waals surface area contributed by atoms with E-state index >= 15 is 0 Å². The Bertz CT molecular complexity index is 153. The Morgan fingerprint density at radius 2 is 2.33 bits per heavy atom. The molecule has 2 bridgehead atoms. The Kier molecular flexibility index (Phi) is 0.616. The number of rotatable bonds is 0. The number of fused-ring (bicyclic) bond motifs is 3. The summed E-state index contributed by atoms with van der Waals surface area (Å²) in [5.41, 5.74) is 0.677. The fourth-order valence-electron chi connectivity index (χ4n) is 2.20. The van der Waals surface area contributed by atoms with Crippen molar-refractivity contribution < 1.29 is 4.74 Å². The van der Waals surface area contributed by atoms with Crippen LogP contribution in [0.4, 0.5) is 0 Å². The van der Waals surface area contributed by atoms with Gasteiger partial charge in [-0.25, -0.2) is 0 Å². The maximum absolute atomic E-state index is 5.64. The van der Waals surface area contributed by atoms with Crippen molar-refractivity contribution in [1.82, 2.24) is 5.32 Å². The predicted octanol–water partition coefficient (Wildman–Crippen LogP) is 0.485. The third-order valence-corrected chi connectivity index (χ3v) is 3.03. The van der Waals surface area contributed by atoms with Gasteiger partial charge in [-0.3, -0.25) is 5.32 Å². The molecule has 2 atom stereocenters. The van der Waals surface area contributed by atoms with E-state index in [1.807, 2.05) is 0 Å². The van der Waals surface area contributed by atoms with Gasteiger partial charge < -0.3 is 4.74 Å². The van der Waals surface area contributed by atoms with Crippen LogP contribution in [-0.2, 0) is 4.74 Å². The zero-order chi connectivity index (χ0) is 5.90. The standard InChI is InChI=1S/C7H11NO/c1-2-7(1)3-6-8-4-5(7)9-6/h5-6,8H,1-4H2. The first-order valence-electron chi connectivity index (χ1n) is 3.78. The third kappa shape index (κ3) is 0.447. The van der Waals surface area contributed by atoms with Crippen LogP contribution in [-0.4, -0.2) is 18.9 Å². The Balaban J connectivity index is 1.96. The largest absolute Gasteiger partial charge is 0.358 e. The lowest BCUT2D eigenvalue weighted by atomic mass is 9.95. The molecule has 9 heavy (non-hydrogen) atoms. The van der Waals surface area contributed by atoms with Crippen LogP contribution in [0.5, 0.6) is 0 Å². The summed E-state index contributed by atoms with van der Waals surface area (Å²) in [7, 11) is 0. The summed E-state index contributed by atoms with van der Waals surface area (Å²) in [6.45, 7) is 1.12. The summed E-state index contributed by atoms with van der Waals surface area (Å²) in [5.74, 6) is 0. The normalized spacial score (nSPS) is 50.7. The molecule has 1 saturated carbocycles. The van der Waals surface area contributed by atoms with Gasteiger partial charge >= 0.3 is 0 Å². The number of nitrogens with one attached hydrogen (secondary N) is 1. The average molecular weight is 125 g/mol. The molecule has 0 aromatic rings. The van der Waals surface area contributed by atoms with E-state index < -0.39 is 0 Å². The summed E-state index contributed by atoms with van der Waals surface area (Å²) >= 11 is 0. The first kappa shape index (κ1) is 4.69. The average Bonchev–Trinajstić information content (AvgIpc) is 2.40. The van der Waals surface area contributed by atoms with Gasteiger partial charge in [-0.15, -0.1) is 0 Å². The molecule has 2 nitrogen and oxygen atoms in total. The highest BCUT2D eigenvalue weighted by Gasteiger charge is 2.59. The molecule has 1 spiro atoms. The predicted molar refractivity (Wildman–Crippen MR) is 32.9 cm³/mol. The fraction of sp³-hybridized carbons (Fsp3) is 1.00. The van der Waals surface area contributed by atoms with Crippen molar-refractivity contribution >= 4 is 0 Å². The molecule has 3 fully saturated rings. The Morgan fingerprint density at radius 1 is 1.44 bits per heavy atom. The molecule has 0 radical (unpaired) electrons. The van der Waals surface area contributed by atoms with Crippen molar-refractivity contribution in [1.29, 1.82) is 0 Å². The molecule has 0 aromatic carbocycles. The minimum Gasteiger partial charge on any atom is -0.358 e. The van der Waals surface area contributed by atoms with Crippen LogP contribution < -0.4 is 5.32 Å². The van der Waals surface area contributed by atoms with Crippen LogP contribution in [0.25, 0.3) is 0 Å². The van der Waals surface area contributed by atoms with E-state index in [4.69, 9.17) is 4.74 Å². The van der Waals surface area contributed by atoms with Gasteiger partial charge in [0.05, 0.1) is 6.10 Å².